The molecule has 0 saturated carbocycles. The molecule has 0 heterocycles. The number of ether oxygens (including phenoxy) is 2. The van der Waals surface area contributed by atoms with Crippen LogP contribution in [0.4, 0.5) is 17.1 Å². The Morgan fingerprint density at radius 3 is 2.11 bits per heavy atom. The van der Waals surface area contributed by atoms with Gasteiger partial charge in [0.15, 0.2) is 0 Å². The number of hydrogen-bond acceptors (Lipinski definition) is 5. The molecule has 27 heavy (non-hydrogen) atoms. The summed E-state index contributed by atoms with van der Waals surface area (Å²) in [5.74, 6) is 0.928. The predicted molar refractivity (Wildman–Crippen MR) is 107 cm³/mol. The maximum absolute atomic E-state index is 12.2. The van der Waals surface area contributed by atoms with Gasteiger partial charge in [0.2, 0.25) is 11.8 Å². The van der Waals surface area contributed by atoms with Crippen molar-refractivity contribution in [1.82, 2.24) is 0 Å². The molecule has 7 heteroatoms. The largest absolute Gasteiger partial charge is 0.497 e. The first-order valence-electron chi connectivity index (χ1n) is 8.59. The molecule has 0 saturated heterocycles. The van der Waals surface area contributed by atoms with E-state index in [4.69, 9.17) is 9.47 Å². The van der Waals surface area contributed by atoms with Crippen molar-refractivity contribution in [1.29, 1.82) is 0 Å². The van der Waals surface area contributed by atoms with Gasteiger partial charge in [0.05, 0.1) is 26.5 Å². The lowest BCUT2D eigenvalue weighted by Crippen LogP contribution is -2.22. The zero-order valence-corrected chi connectivity index (χ0v) is 16.0. The third-order valence-electron chi connectivity index (χ3n) is 3.81. The minimum atomic E-state index is -0.209. The Balaban J connectivity index is 1.91. The van der Waals surface area contributed by atoms with Gasteiger partial charge in [-0.25, -0.2) is 0 Å². The second kappa shape index (κ2) is 9.47. The summed E-state index contributed by atoms with van der Waals surface area (Å²) < 4.78 is 10.5. The maximum atomic E-state index is 12.2. The molecule has 0 aliphatic rings. The van der Waals surface area contributed by atoms with Gasteiger partial charge in [-0.3, -0.25) is 9.59 Å². The van der Waals surface area contributed by atoms with E-state index >= 15 is 0 Å². The summed E-state index contributed by atoms with van der Waals surface area (Å²) in [6, 6.07) is 12.3. The molecule has 0 aromatic heterocycles. The number of carbonyl (C=O) groups excluding carboxylic acids is 2. The molecule has 2 rings (SSSR count). The van der Waals surface area contributed by atoms with Crippen molar-refractivity contribution in [3.63, 3.8) is 0 Å². The first-order chi connectivity index (χ1) is 12.9. The molecule has 3 N–H and O–H groups in total. The first kappa shape index (κ1) is 20.1. The Hall–Kier alpha value is -3.22. The van der Waals surface area contributed by atoms with Gasteiger partial charge >= 0.3 is 0 Å². The SMILES string of the molecule is COc1ccc(OC)c(NCC(=O)Nc2ccc(NC(=O)C(C)C)cc2)c1. The third kappa shape index (κ3) is 5.91. The van der Waals surface area contributed by atoms with Crippen LogP contribution in [0.5, 0.6) is 11.5 Å². The highest BCUT2D eigenvalue weighted by Gasteiger charge is 2.09. The predicted octanol–water partition coefficient (Wildman–Crippen LogP) is 3.35. The Kier molecular flexibility index (Phi) is 7.05. The van der Waals surface area contributed by atoms with Gasteiger partial charge in [0, 0.05) is 23.4 Å². The van der Waals surface area contributed by atoms with E-state index in [1.807, 2.05) is 13.8 Å². The summed E-state index contributed by atoms with van der Waals surface area (Å²) >= 11 is 0. The lowest BCUT2D eigenvalue weighted by Gasteiger charge is -2.13. The maximum Gasteiger partial charge on any atom is 0.243 e. The summed E-state index contributed by atoms with van der Waals surface area (Å²) in [4.78, 5) is 23.9. The number of hydrogen-bond donors (Lipinski definition) is 3. The van der Waals surface area contributed by atoms with Crippen LogP contribution >= 0.6 is 0 Å². The second-order valence-corrected chi connectivity index (χ2v) is 6.19. The van der Waals surface area contributed by atoms with E-state index in [1.165, 1.54) is 0 Å². The molecule has 0 spiro atoms. The van der Waals surface area contributed by atoms with Crippen LogP contribution in [0.3, 0.4) is 0 Å². The molecule has 7 nitrogen and oxygen atoms in total. The van der Waals surface area contributed by atoms with Crippen molar-refractivity contribution in [3.8, 4) is 11.5 Å². The highest BCUT2D eigenvalue weighted by molar-refractivity contribution is 5.95. The van der Waals surface area contributed by atoms with Crippen LogP contribution in [0.1, 0.15) is 13.8 Å². The van der Waals surface area contributed by atoms with Gasteiger partial charge in [-0.15, -0.1) is 0 Å². The molecule has 0 unspecified atom stereocenters. The van der Waals surface area contributed by atoms with Crippen LogP contribution in [0, 0.1) is 5.92 Å². The van der Waals surface area contributed by atoms with Crippen molar-refractivity contribution in [3.05, 3.63) is 42.5 Å². The van der Waals surface area contributed by atoms with Crippen LogP contribution in [0.15, 0.2) is 42.5 Å². The van der Waals surface area contributed by atoms with E-state index in [1.54, 1.807) is 56.7 Å². The highest BCUT2D eigenvalue weighted by atomic mass is 16.5. The summed E-state index contributed by atoms with van der Waals surface area (Å²) in [5, 5.41) is 8.63. The number of benzene rings is 2. The minimum Gasteiger partial charge on any atom is -0.497 e. The van der Waals surface area contributed by atoms with Crippen molar-refractivity contribution in [2.75, 3.05) is 36.7 Å². The van der Waals surface area contributed by atoms with Gasteiger partial charge in [-0.1, -0.05) is 13.8 Å². The smallest absolute Gasteiger partial charge is 0.243 e. The topological polar surface area (TPSA) is 88.7 Å². The Bertz CT molecular complexity index is 788. The van der Waals surface area contributed by atoms with Crippen molar-refractivity contribution >= 4 is 28.9 Å². The molecule has 0 bridgehead atoms. The molecular weight excluding hydrogens is 346 g/mol. The number of nitrogens with one attached hydrogen (secondary N) is 3. The highest BCUT2D eigenvalue weighted by Crippen LogP contribution is 2.28. The summed E-state index contributed by atoms with van der Waals surface area (Å²) in [7, 11) is 3.14. The first-order valence-corrected chi connectivity index (χ1v) is 8.59. The molecule has 0 atom stereocenters. The number of rotatable bonds is 8. The fourth-order valence-electron chi connectivity index (χ4n) is 2.26. The van der Waals surface area contributed by atoms with Crippen molar-refractivity contribution in [2.24, 2.45) is 5.92 Å². The van der Waals surface area contributed by atoms with Crippen molar-refractivity contribution in [2.45, 2.75) is 13.8 Å². The van der Waals surface area contributed by atoms with Crippen LogP contribution in [-0.2, 0) is 9.59 Å². The zero-order valence-electron chi connectivity index (χ0n) is 16.0. The summed E-state index contributed by atoms with van der Waals surface area (Å²) in [6.07, 6.45) is 0. The second-order valence-electron chi connectivity index (χ2n) is 6.19. The number of methoxy groups -OCH3 is 2. The summed E-state index contributed by atoms with van der Waals surface area (Å²) in [6.45, 7) is 3.72. The standard InChI is InChI=1S/C20H25N3O4/c1-13(2)20(25)23-15-7-5-14(6-8-15)22-19(24)12-21-17-11-16(26-3)9-10-18(17)27-4/h5-11,13,21H,12H2,1-4H3,(H,22,24)(H,23,25). The molecule has 0 aliphatic carbocycles. The Morgan fingerprint density at radius 1 is 0.926 bits per heavy atom. The van der Waals surface area contributed by atoms with E-state index < -0.39 is 0 Å². The average Bonchev–Trinajstić information content (AvgIpc) is 2.67. The van der Waals surface area contributed by atoms with Crippen molar-refractivity contribution < 1.29 is 19.1 Å². The molecule has 2 aromatic carbocycles. The van der Waals surface area contributed by atoms with E-state index in [0.717, 1.165) is 0 Å². The lowest BCUT2D eigenvalue weighted by atomic mass is 10.2. The third-order valence-corrected chi connectivity index (χ3v) is 3.81. The minimum absolute atomic E-state index is 0.0526. The quantitative estimate of drug-likeness (QED) is 0.662. The van der Waals surface area contributed by atoms with Crippen LogP contribution in [0.2, 0.25) is 0 Å². The number of amides is 2. The summed E-state index contributed by atoms with van der Waals surface area (Å²) in [5.41, 5.74) is 1.99. The van der Waals surface area contributed by atoms with Crippen LogP contribution < -0.4 is 25.4 Å². The van der Waals surface area contributed by atoms with E-state index in [-0.39, 0.29) is 24.3 Å². The average molecular weight is 371 g/mol. The van der Waals surface area contributed by atoms with Gasteiger partial charge in [0.25, 0.3) is 0 Å². The van der Waals surface area contributed by atoms with Gasteiger partial charge < -0.3 is 25.4 Å². The fourth-order valence-corrected chi connectivity index (χ4v) is 2.26. The van der Waals surface area contributed by atoms with Gasteiger partial charge in [0.1, 0.15) is 11.5 Å². The van der Waals surface area contributed by atoms with Gasteiger partial charge in [-0.2, -0.15) is 0 Å². The molecule has 2 aromatic rings. The van der Waals surface area contributed by atoms with Crippen LogP contribution in [-0.4, -0.2) is 32.6 Å². The molecular formula is C20H25N3O4. The van der Waals surface area contributed by atoms with Gasteiger partial charge in [-0.05, 0) is 36.4 Å². The Morgan fingerprint density at radius 2 is 1.56 bits per heavy atom. The molecule has 144 valence electrons. The Labute approximate surface area is 159 Å². The molecule has 2 amide bonds. The fraction of sp³-hybridized carbons (Fsp3) is 0.300. The monoisotopic (exact) mass is 371 g/mol. The number of anilines is 3. The normalized spacial score (nSPS) is 10.3. The van der Waals surface area contributed by atoms with E-state index in [2.05, 4.69) is 16.0 Å². The number of carbonyl (C=O) groups is 2. The van der Waals surface area contributed by atoms with E-state index in [9.17, 15) is 9.59 Å². The lowest BCUT2D eigenvalue weighted by molar-refractivity contribution is -0.119. The molecule has 0 aliphatic heterocycles. The van der Waals surface area contributed by atoms with Crippen LogP contribution in [0.25, 0.3) is 0 Å². The molecule has 0 radical (unpaired) electrons. The zero-order chi connectivity index (χ0) is 19.8. The molecule has 0 fully saturated rings. The van der Waals surface area contributed by atoms with E-state index in [0.29, 0.717) is 28.6 Å².